The molecule has 0 N–H and O–H groups in total. The first-order valence-corrected chi connectivity index (χ1v) is 10.3. The lowest BCUT2D eigenvalue weighted by Crippen LogP contribution is -2.37. The Morgan fingerprint density at radius 2 is 1.50 bits per heavy atom. The molecule has 0 radical (unpaired) electrons. The molecule has 2 heterocycles. The van der Waals surface area contributed by atoms with Crippen molar-refractivity contribution in [3.8, 4) is 5.75 Å². The summed E-state index contributed by atoms with van der Waals surface area (Å²) in [6.45, 7) is 0. The molecule has 6 nitrogen and oxygen atoms in total. The largest absolute Gasteiger partial charge is 0.497 e. The summed E-state index contributed by atoms with van der Waals surface area (Å²) < 4.78 is 18.7. The first kappa shape index (κ1) is 20.5. The van der Waals surface area contributed by atoms with Gasteiger partial charge in [-0.15, -0.1) is 0 Å². The monoisotopic (exact) mass is 452 g/mol. The highest BCUT2D eigenvalue weighted by atomic mass is 35.5. The van der Waals surface area contributed by atoms with Crippen LogP contribution in [0.2, 0.25) is 5.02 Å². The second-order valence-corrected chi connectivity index (χ2v) is 8.00. The number of hydrogen-bond acceptors (Lipinski definition) is 5. The predicted octanol–water partition coefficient (Wildman–Crippen LogP) is 4.54. The van der Waals surface area contributed by atoms with Crippen LogP contribution in [0.3, 0.4) is 0 Å². The number of anilines is 2. The van der Waals surface area contributed by atoms with Gasteiger partial charge >= 0.3 is 0 Å². The van der Waals surface area contributed by atoms with Crippen LogP contribution < -0.4 is 14.7 Å². The molecule has 162 valence electrons. The molecular formula is C24H18ClFN2O4. The Balaban J connectivity index is 1.55. The third-order valence-electron chi connectivity index (χ3n) is 5.74. The molecule has 0 unspecified atom stereocenters. The first-order valence-electron chi connectivity index (χ1n) is 9.97. The number of ether oxygens (including phenoxy) is 1. The highest BCUT2D eigenvalue weighted by Crippen LogP contribution is 2.47. The third-order valence-corrected chi connectivity index (χ3v) is 5.99. The lowest BCUT2D eigenvalue weighted by molar-refractivity contribution is -0.126. The molecular weight excluding hydrogens is 435 g/mol. The normalized spacial score (nSPS) is 22.4. The number of methoxy groups -OCH3 is 1. The average molecular weight is 453 g/mol. The van der Waals surface area contributed by atoms with Crippen molar-refractivity contribution in [2.24, 2.45) is 5.92 Å². The van der Waals surface area contributed by atoms with Gasteiger partial charge in [-0.05, 0) is 66.2 Å². The fourth-order valence-electron chi connectivity index (χ4n) is 4.21. The Morgan fingerprint density at radius 1 is 0.875 bits per heavy atom. The van der Waals surface area contributed by atoms with E-state index in [4.69, 9.17) is 21.2 Å². The molecule has 3 aromatic rings. The molecule has 0 spiro atoms. The van der Waals surface area contributed by atoms with Gasteiger partial charge in [0.25, 0.3) is 5.91 Å². The fraction of sp³-hybridized carbons (Fsp3) is 0.167. The number of rotatable bonds is 4. The number of carbonyl (C=O) groups excluding carboxylic acids is 2. The highest BCUT2D eigenvalue weighted by molar-refractivity contribution is 6.30. The minimum Gasteiger partial charge on any atom is -0.497 e. The van der Waals surface area contributed by atoms with Crippen LogP contribution in [0.4, 0.5) is 15.8 Å². The van der Waals surface area contributed by atoms with Gasteiger partial charge in [0.15, 0.2) is 6.10 Å². The summed E-state index contributed by atoms with van der Waals surface area (Å²) in [5.74, 6) is -1.41. The van der Waals surface area contributed by atoms with E-state index in [-0.39, 0.29) is 5.91 Å². The summed E-state index contributed by atoms with van der Waals surface area (Å²) in [6, 6.07) is 18.8. The quantitative estimate of drug-likeness (QED) is 0.544. The van der Waals surface area contributed by atoms with Crippen molar-refractivity contribution in [3.63, 3.8) is 0 Å². The number of hydrogen-bond donors (Lipinski definition) is 0. The zero-order valence-electron chi connectivity index (χ0n) is 16.9. The van der Waals surface area contributed by atoms with Crippen molar-refractivity contribution in [1.29, 1.82) is 0 Å². The van der Waals surface area contributed by atoms with Gasteiger partial charge in [-0.25, -0.2) is 14.4 Å². The number of imide groups is 1. The van der Waals surface area contributed by atoms with Gasteiger partial charge in [0.1, 0.15) is 17.5 Å². The summed E-state index contributed by atoms with van der Waals surface area (Å²) in [5, 5.41) is 2.09. The zero-order valence-corrected chi connectivity index (χ0v) is 17.7. The number of halogens is 2. The van der Waals surface area contributed by atoms with E-state index in [1.807, 2.05) is 0 Å². The summed E-state index contributed by atoms with van der Waals surface area (Å²) in [7, 11) is 1.54. The Bertz CT molecular complexity index is 1170. The number of hydroxylamine groups is 1. The standard InChI is InChI=1S/C24H18ClFN2O4/c1-31-19-12-10-17(11-13-19)27-23(29)20-21(14-2-6-16(26)7-3-14)28(32-22(20)24(27)30)18-8-4-15(25)5-9-18/h2-13,20-22H,1H3/t20-,21+,22-/m0/s1. The summed E-state index contributed by atoms with van der Waals surface area (Å²) in [6.07, 6.45) is -1.00. The molecule has 3 atom stereocenters. The van der Waals surface area contributed by atoms with Crippen molar-refractivity contribution in [2.75, 3.05) is 17.1 Å². The molecule has 5 rings (SSSR count). The van der Waals surface area contributed by atoms with E-state index in [1.54, 1.807) is 65.7 Å². The van der Waals surface area contributed by atoms with Crippen LogP contribution in [0.5, 0.6) is 5.75 Å². The first-order chi connectivity index (χ1) is 15.5. The molecule has 2 saturated heterocycles. The second kappa shape index (κ2) is 7.93. The summed E-state index contributed by atoms with van der Waals surface area (Å²) >= 11 is 6.02. The maximum absolute atomic E-state index is 13.6. The Labute approximate surface area is 188 Å². The van der Waals surface area contributed by atoms with Crippen LogP contribution in [0.15, 0.2) is 72.8 Å². The van der Waals surface area contributed by atoms with Gasteiger partial charge in [0.05, 0.1) is 24.5 Å². The van der Waals surface area contributed by atoms with Crippen molar-refractivity contribution in [2.45, 2.75) is 12.1 Å². The maximum Gasteiger partial charge on any atom is 0.266 e. The summed E-state index contributed by atoms with van der Waals surface area (Å²) in [4.78, 5) is 34.0. The van der Waals surface area contributed by atoms with E-state index < -0.39 is 29.8 Å². The highest BCUT2D eigenvalue weighted by Gasteiger charge is 2.60. The Kier molecular flexibility index (Phi) is 5.07. The van der Waals surface area contributed by atoms with Crippen LogP contribution in [0, 0.1) is 11.7 Å². The molecule has 8 heteroatoms. The van der Waals surface area contributed by atoms with Crippen molar-refractivity contribution in [1.82, 2.24) is 0 Å². The van der Waals surface area contributed by atoms with Gasteiger partial charge in [0.2, 0.25) is 5.91 Å². The van der Waals surface area contributed by atoms with Crippen molar-refractivity contribution < 1.29 is 23.6 Å². The van der Waals surface area contributed by atoms with E-state index in [0.29, 0.717) is 27.7 Å². The van der Waals surface area contributed by atoms with Gasteiger partial charge in [-0.1, -0.05) is 23.7 Å². The molecule has 2 fully saturated rings. The van der Waals surface area contributed by atoms with Crippen LogP contribution in [-0.2, 0) is 14.4 Å². The van der Waals surface area contributed by atoms with Gasteiger partial charge in [-0.2, -0.15) is 0 Å². The van der Waals surface area contributed by atoms with Crippen molar-refractivity contribution in [3.05, 3.63) is 89.2 Å². The Hall–Kier alpha value is -3.42. The number of nitrogens with zero attached hydrogens (tertiary/aromatic N) is 2. The molecule has 0 bridgehead atoms. The van der Waals surface area contributed by atoms with Gasteiger partial charge < -0.3 is 4.74 Å². The minimum absolute atomic E-state index is 0.379. The SMILES string of the molecule is COc1ccc(N2C(=O)[C@@H]3[C@H](ON(c4ccc(Cl)cc4)[C@@H]3c3ccc(F)cc3)C2=O)cc1. The van der Waals surface area contributed by atoms with E-state index in [0.717, 1.165) is 4.90 Å². The molecule has 2 amide bonds. The maximum atomic E-state index is 13.6. The molecule has 0 aliphatic carbocycles. The van der Waals surface area contributed by atoms with E-state index >= 15 is 0 Å². The fourth-order valence-corrected chi connectivity index (χ4v) is 4.34. The number of fused-ring (bicyclic) bond motifs is 1. The molecule has 2 aliphatic rings. The topological polar surface area (TPSA) is 59.1 Å². The Morgan fingerprint density at radius 3 is 2.12 bits per heavy atom. The van der Waals surface area contributed by atoms with E-state index in [2.05, 4.69) is 0 Å². The molecule has 0 saturated carbocycles. The molecule has 3 aromatic carbocycles. The molecule has 2 aliphatic heterocycles. The van der Waals surface area contributed by atoms with Gasteiger partial charge in [-0.3, -0.25) is 14.4 Å². The smallest absolute Gasteiger partial charge is 0.266 e. The minimum atomic E-state index is -1.00. The van der Waals surface area contributed by atoms with Crippen molar-refractivity contribution >= 4 is 34.8 Å². The summed E-state index contributed by atoms with van der Waals surface area (Å²) in [5.41, 5.74) is 1.73. The average Bonchev–Trinajstić information content (AvgIpc) is 3.31. The lowest BCUT2D eigenvalue weighted by atomic mass is 9.90. The van der Waals surface area contributed by atoms with Crippen LogP contribution in [0.25, 0.3) is 0 Å². The third kappa shape index (κ3) is 3.30. The van der Waals surface area contributed by atoms with Crippen LogP contribution in [-0.4, -0.2) is 25.0 Å². The van der Waals surface area contributed by atoms with Crippen LogP contribution in [0.1, 0.15) is 11.6 Å². The molecule has 32 heavy (non-hydrogen) atoms. The molecule has 0 aromatic heterocycles. The number of carbonyl (C=O) groups is 2. The van der Waals surface area contributed by atoms with Crippen LogP contribution >= 0.6 is 11.6 Å². The van der Waals surface area contributed by atoms with E-state index in [9.17, 15) is 14.0 Å². The number of benzene rings is 3. The second-order valence-electron chi connectivity index (χ2n) is 7.56. The zero-order chi connectivity index (χ0) is 22.4. The van der Waals surface area contributed by atoms with E-state index in [1.165, 1.54) is 19.2 Å². The number of amides is 2. The van der Waals surface area contributed by atoms with Gasteiger partial charge in [0, 0.05) is 5.02 Å². The predicted molar refractivity (Wildman–Crippen MR) is 117 cm³/mol. The lowest BCUT2D eigenvalue weighted by Gasteiger charge is -2.28.